The zero-order valence-electron chi connectivity index (χ0n) is 22.6. The predicted molar refractivity (Wildman–Crippen MR) is 155 cm³/mol. The molecule has 0 atom stereocenters. The first-order valence-corrected chi connectivity index (χ1v) is 14.9. The summed E-state index contributed by atoms with van der Waals surface area (Å²) in [6, 6.07) is 17.2. The SMILES string of the molecule is CCCCCCCCCCCCCCCC1CCC(c2ccc(N)cc2)(c2ccc(N)cc2)CC1. The average Bonchev–Trinajstić information content (AvgIpc) is 2.88. The average molecular weight is 477 g/mol. The van der Waals surface area contributed by atoms with Crippen LogP contribution in [0.5, 0.6) is 0 Å². The van der Waals surface area contributed by atoms with Crippen LogP contribution in [0.2, 0.25) is 0 Å². The lowest BCUT2D eigenvalue weighted by atomic mass is 9.62. The van der Waals surface area contributed by atoms with E-state index >= 15 is 0 Å². The van der Waals surface area contributed by atoms with Gasteiger partial charge in [-0.15, -0.1) is 0 Å². The summed E-state index contributed by atoms with van der Waals surface area (Å²) < 4.78 is 0. The Balaban J connectivity index is 1.34. The van der Waals surface area contributed by atoms with Crippen molar-refractivity contribution >= 4 is 11.4 Å². The maximum Gasteiger partial charge on any atom is 0.0314 e. The summed E-state index contributed by atoms with van der Waals surface area (Å²) in [6.07, 6.45) is 25.2. The highest BCUT2D eigenvalue weighted by atomic mass is 14.5. The third-order valence-corrected chi connectivity index (χ3v) is 8.60. The molecule has 1 fully saturated rings. The van der Waals surface area contributed by atoms with Crippen molar-refractivity contribution in [3.8, 4) is 0 Å². The van der Waals surface area contributed by atoms with Crippen LogP contribution in [0.1, 0.15) is 134 Å². The number of unbranched alkanes of at least 4 members (excludes halogenated alkanes) is 12. The quantitative estimate of drug-likeness (QED) is 0.187. The fourth-order valence-electron chi connectivity index (χ4n) is 6.26. The molecule has 0 radical (unpaired) electrons. The molecule has 0 amide bonds. The van der Waals surface area contributed by atoms with E-state index in [1.165, 1.54) is 127 Å². The molecule has 1 aliphatic rings. The molecule has 1 saturated carbocycles. The third-order valence-electron chi connectivity index (χ3n) is 8.60. The lowest BCUT2D eigenvalue weighted by molar-refractivity contribution is 0.250. The molecule has 2 nitrogen and oxygen atoms in total. The lowest BCUT2D eigenvalue weighted by Gasteiger charge is -2.41. The Morgan fingerprint density at radius 2 is 0.943 bits per heavy atom. The van der Waals surface area contributed by atoms with Crippen LogP contribution in [0.4, 0.5) is 11.4 Å². The van der Waals surface area contributed by atoms with E-state index < -0.39 is 0 Å². The van der Waals surface area contributed by atoms with Gasteiger partial charge in [-0.1, -0.05) is 121 Å². The fraction of sp³-hybridized carbons (Fsp3) is 0.636. The minimum absolute atomic E-state index is 0.105. The Morgan fingerprint density at radius 3 is 1.34 bits per heavy atom. The summed E-state index contributed by atoms with van der Waals surface area (Å²) in [5.74, 6) is 0.887. The zero-order chi connectivity index (χ0) is 24.8. The maximum absolute atomic E-state index is 6.00. The second-order valence-electron chi connectivity index (χ2n) is 11.3. The van der Waals surface area contributed by atoms with E-state index in [4.69, 9.17) is 11.5 Å². The second-order valence-corrected chi connectivity index (χ2v) is 11.3. The van der Waals surface area contributed by atoms with Crippen molar-refractivity contribution in [3.05, 3.63) is 59.7 Å². The summed E-state index contributed by atoms with van der Waals surface area (Å²) in [5.41, 5.74) is 16.6. The maximum atomic E-state index is 6.00. The molecule has 0 aromatic heterocycles. The zero-order valence-corrected chi connectivity index (χ0v) is 22.6. The molecule has 2 heteroatoms. The van der Waals surface area contributed by atoms with Crippen molar-refractivity contribution in [1.29, 1.82) is 0 Å². The van der Waals surface area contributed by atoms with Crippen LogP contribution in [0, 0.1) is 5.92 Å². The number of anilines is 2. The normalized spacial score (nSPS) is 15.9. The standard InChI is InChI=1S/C33H52N2/c1-2-3-4-5-6-7-8-9-10-11-12-13-14-15-28-24-26-33(27-25-28,29-16-20-31(34)21-17-29)30-18-22-32(35)23-19-30/h16-23,28H,2-15,24-27,34-35H2,1H3. The van der Waals surface area contributed by atoms with Crippen molar-refractivity contribution < 1.29 is 0 Å². The van der Waals surface area contributed by atoms with E-state index in [2.05, 4.69) is 55.5 Å². The van der Waals surface area contributed by atoms with Gasteiger partial charge in [-0.2, -0.15) is 0 Å². The van der Waals surface area contributed by atoms with Crippen LogP contribution >= 0.6 is 0 Å². The molecule has 0 bridgehead atoms. The van der Waals surface area contributed by atoms with Gasteiger partial charge in [0.1, 0.15) is 0 Å². The number of nitrogen functional groups attached to an aromatic ring is 2. The summed E-state index contributed by atoms with van der Waals surface area (Å²) >= 11 is 0. The molecule has 3 rings (SSSR count). The van der Waals surface area contributed by atoms with E-state index in [0.717, 1.165) is 17.3 Å². The highest BCUT2D eigenvalue weighted by Gasteiger charge is 2.38. The molecule has 4 N–H and O–H groups in total. The highest BCUT2D eigenvalue weighted by molar-refractivity contribution is 5.49. The van der Waals surface area contributed by atoms with Gasteiger partial charge in [-0.3, -0.25) is 0 Å². The first kappa shape index (κ1) is 27.6. The van der Waals surface area contributed by atoms with Gasteiger partial charge < -0.3 is 11.5 Å². The van der Waals surface area contributed by atoms with Crippen molar-refractivity contribution in [2.24, 2.45) is 5.92 Å². The van der Waals surface area contributed by atoms with Crippen LogP contribution in [0.15, 0.2) is 48.5 Å². The first-order chi connectivity index (χ1) is 17.1. The van der Waals surface area contributed by atoms with Gasteiger partial charge in [0.2, 0.25) is 0 Å². The van der Waals surface area contributed by atoms with Crippen LogP contribution < -0.4 is 11.5 Å². The molecule has 0 saturated heterocycles. The molecule has 2 aromatic carbocycles. The molecular formula is C33H52N2. The van der Waals surface area contributed by atoms with Crippen molar-refractivity contribution in [1.82, 2.24) is 0 Å². The predicted octanol–water partition coefficient (Wildman–Crippen LogP) is 9.81. The third kappa shape index (κ3) is 8.89. The number of benzene rings is 2. The van der Waals surface area contributed by atoms with Crippen LogP contribution in [-0.4, -0.2) is 0 Å². The Labute approximate surface area is 216 Å². The molecular weight excluding hydrogens is 424 g/mol. The number of rotatable bonds is 16. The van der Waals surface area contributed by atoms with Crippen LogP contribution in [0.25, 0.3) is 0 Å². The van der Waals surface area contributed by atoms with Gasteiger partial charge >= 0.3 is 0 Å². The Bertz CT molecular complexity index is 752. The van der Waals surface area contributed by atoms with Gasteiger partial charge in [0, 0.05) is 16.8 Å². The van der Waals surface area contributed by atoms with Crippen molar-refractivity contribution in [3.63, 3.8) is 0 Å². The number of hydrogen-bond acceptors (Lipinski definition) is 2. The first-order valence-electron chi connectivity index (χ1n) is 14.9. The molecule has 1 aliphatic carbocycles. The Morgan fingerprint density at radius 1 is 0.571 bits per heavy atom. The summed E-state index contributed by atoms with van der Waals surface area (Å²) in [4.78, 5) is 0. The monoisotopic (exact) mass is 476 g/mol. The molecule has 35 heavy (non-hydrogen) atoms. The minimum Gasteiger partial charge on any atom is -0.399 e. The Hall–Kier alpha value is -1.96. The number of hydrogen-bond donors (Lipinski definition) is 2. The fourth-order valence-corrected chi connectivity index (χ4v) is 6.26. The topological polar surface area (TPSA) is 52.0 Å². The largest absolute Gasteiger partial charge is 0.399 e. The van der Waals surface area contributed by atoms with Gasteiger partial charge in [0.25, 0.3) is 0 Å². The van der Waals surface area contributed by atoms with Crippen molar-refractivity contribution in [2.75, 3.05) is 11.5 Å². The summed E-state index contributed by atoms with van der Waals surface area (Å²) in [7, 11) is 0. The van der Waals surface area contributed by atoms with Gasteiger partial charge in [0.05, 0.1) is 0 Å². The molecule has 194 valence electrons. The van der Waals surface area contributed by atoms with Gasteiger partial charge in [0.15, 0.2) is 0 Å². The molecule has 0 aliphatic heterocycles. The highest BCUT2D eigenvalue weighted by Crippen LogP contribution is 2.47. The van der Waals surface area contributed by atoms with E-state index in [-0.39, 0.29) is 5.41 Å². The molecule has 2 aromatic rings. The van der Waals surface area contributed by atoms with Gasteiger partial charge in [-0.05, 0) is 67.0 Å². The summed E-state index contributed by atoms with van der Waals surface area (Å²) in [6.45, 7) is 2.30. The molecule has 0 spiro atoms. The van der Waals surface area contributed by atoms with E-state index in [1.54, 1.807) is 0 Å². The van der Waals surface area contributed by atoms with Crippen LogP contribution in [-0.2, 0) is 5.41 Å². The van der Waals surface area contributed by atoms with E-state index in [9.17, 15) is 0 Å². The van der Waals surface area contributed by atoms with E-state index in [1.807, 2.05) is 0 Å². The van der Waals surface area contributed by atoms with Crippen molar-refractivity contribution in [2.45, 2.75) is 128 Å². The van der Waals surface area contributed by atoms with Crippen LogP contribution in [0.3, 0.4) is 0 Å². The van der Waals surface area contributed by atoms with Gasteiger partial charge in [-0.25, -0.2) is 0 Å². The minimum atomic E-state index is 0.105. The lowest BCUT2D eigenvalue weighted by Crippen LogP contribution is -2.33. The smallest absolute Gasteiger partial charge is 0.0314 e. The molecule has 0 unspecified atom stereocenters. The number of nitrogens with two attached hydrogens (primary N) is 2. The summed E-state index contributed by atoms with van der Waals surface area (Å²) in [5, 5.41) is 0. The second kappa shape index (κ2) is 15.2. The molecule has 0 heterocycles. The van der Waals surface area contributed by atoms with E-state index in [0.29, 0.717) is 0 Å². The Kier molecular flexibility index (Phi) is 12.0.